The molecule has 0 unspecified atom stereocenters. The van der Waals surface area contributed by atoms with E-state index in [-0.39, 0.29) is 11.3 Å². The van der Waals surface area contributed by atoms with E-state index in [2.05, 4.69) is 4.85 Å². The van der Waals surface area contributed by atoms with Gasteiger partial charge in [0.25, 0.3) is 0 Å². The summed E-state index contributed by atoms with van der Waals surface area (Å²) in [7, 11) is 3.83. The molecule has 82 valence electrons. The Morgan fingerprint density at radius 1 is 1.18 bits per heavy atom. The number of rotatable bonds is 2. The Kier molecular flexibility index (Phi) is 3.87. The summed E-state index contributed by atoms with van der Waals surface area (Å²) in [6.45, 7) is 7.03. The second kappa shape index (κ2) is 5.35. The molecule has 0 amide bonds. The van der Waals surface area contributed by atoms with Crippen LogP contribution in [-0.4, -0.2) is 14.1 Å². The van der Waals surface area contributed by atoms with Crippen LogP contribution >= 0.6 is 0 Å². The Morgan fingerprint density at radius 3 is 2.06 bits per heavy atom. The third-order valence-electron chi connectivity index (χ3n) is 2.23. The number of allylic oxidation sites excluding steroid dienone is 1. The molecule has 0 atom stereocenters. The summed E-state index contributed by atoms with van der Waals surface area (Å²) in [5, 5.41) is 17.5. The van der Waals surface area contributed by atoms with Gasteiger partial charge in [0.15, 0.2) is 0 Å². The Labute approximate surface area is 100 Å². The highest BCUT2D eigenvalue weighted by Gasteiger charge is 2.09. The fourth-order valence-corrected chi connectivity index (χ4v) is 1.31. The van der Waals surface area contributed by atoms with E-state index in [4.69, 9.17) is 17.1 Å². The van der Waals surface area contributed by atoms with Crippen molar-refractivity contribution in [2.24, 2.45) is 0 Å². The molecule has 1 aromatic rings. The van der Waals surface area contributed by atoms with E-state index < -0.39 is 0 Å². The lowest BCUT2D eigenvalue weighted by Crippen LogP contribution is -2.08. The minimum atomic E-state index is -0.155. The van der Waals surface area contributed by atoms with Gasteiger partial charge in [-0.3, -0.25) is 0 Å². The number of hydrogen-bond acceptors (Lipinski definition) is 3. The van der Waals surface area contributed by atoms with Crippen molar-refractivity contribution in [3.05, 3.63) is 46.8 Å². The summed E-state index contributed by atoms with van der Waals surface area (Å²) >= 11 is 0. The summed E-state index contributed by atoms with van der Waals surface area (Å²) in [5.74, 6) is 0. The molecule has 1 rings (SSSR count). The molecule has 0 aliphatic carbocycles. The lowest BCUT2D eigenvalue weighted by Gasteiger charge is -2.12. The minimum Gasteiger partial charge on any atom is -0.378 e. The quantitative estimate of drug-likeness (QED) is 0.570. The van der Waals surface area contributed by atoms with Crippen LogP contribution in [0.15, 0.2) is 29.8 Å². The second-order valence-electron chi connectivity index (χ2n) is 3.50. The molecule has 0 saturated heterocycles. The Bertz CT molecular complexity index is 543. The summed E-state index contributed by atoms with van der Waals surface area (Å²) < 4.78 is 0. The molecule has 1 aromatic carbocycles. The van der Waals surface area contributed by atoms with Crippen LogP contribution in [0, 0.1) is 29.2 Å². The van der Waals surface area contributed by atoms with Crippen LogP contribution in [-0.2, 0) is 0 Å². The van der Waals surface area contributed by atoms with Gasteiger partial charge in [0.05, 0.1) is 18.7 Å². The van der Waals surface area contributed by atoms with Crippen molar-refractivity contribution in [3.8, 4) is 12.1 Å². The Balaban J connectivity index is 3.27. The average Bonchev–Trinajstić information content (AvgIpc) is 2.36. The van der Waals surface area contributed by atoms with Crippen molar-refractivity contribution in [3.63, 3.8) is 0 Å². The molecule has 0 spiro atoms. The van der Waals surface area contributed by atoms with Gasteiger partial charge < -0.3 is 4.90 Å². The third kappa shape index (κ3) is 2.62. The lowest BCUT2D eigenvalue weighted by molar-refractivity contribution is 1.13. The molecule has 0 bridgehead atoms. The van der Waals surface area contributed by atoms with Gasteiger partial charge >= 0.3 is 0 Å². The highest BCUT2D eigenvalue weighted by Crippen LogP contribution is 2.22. The number of hydrogen-bond donors (Lipinski definition) is 0. The normalized spacial score (nSPS) is 8.41. The van der Waals surface area contributed by atoms with E-state index in [1.165, 1.54) is 0 Å². The van der Waals surface area contributed by atoms with Crippen LogP contribution in [0.3, 0.4) is 0 Å². The zero-order chi connectivity index (χ0) is 12.8. The molecule has 0 fully saturated rings. The van der Waals surface area contributed by atoms with E-state index in [1.807, 2.05) is 31.1 Å². The van der Waals surface area contributed by atoms with Gasteiger partial charge in [0.1, 0.15) is 5.57 Å². The number of nitrogens with zero attached hydrogens (tertiary/aromatic N) is 4. The first-order valence-electron chi connectivity index (χ1n) is 4.83. The van der Waals surface area contributed by atoms with Crippen LogP contribution in [0.25, 0.3) is 10.5 Å². The highest BCUT2D eigenvalue weighted by molar-refractivity contribution is 5.80. The van der Waals surface area contributed by atoms with Gasteiger partial charge in [-0.2, -0.15) is 10.5 Å². The van der Waals surface area contributed by atoms with Crippen molar-refractivity contribution in [1.29, 1.82) is 10.5 Å². The highest BCUT2D eigenvalue weighted by atomic mass is 15.1. The SMILES string of the molecule is [C-]#[N+]C(=C(C#N)C#N)c1ccc(N(C)C)cc1. The topological polar surface area (TPSA) is 55.2 Å². The van der Waals surface area contributed by atoms with E-state index in [1.54, 1.807) is 24.3 Å². The van der Waals surface area contributed by atoms with Crippen molar-refractivity contribution < 1.29 is 0 Å². The van der Waals surface area contributed by atoms with Crippen LogP contribution < -0.4 is 4.90 Å². The zero-order valence-electron chi connectivity index (χ0n) is 9.60. The number of anilines is 1. The molecular weight excluding hydrogens is 212 g/mol. The van der Waals surface area contributed by atoms with Crippen LogP contribution in [0.2, 0.25) is 0 Å². The molecule has 0 saturated carbocycles. The minimum absolute atomic E-state index is 0.0975. The first-order chi connectivity index (χ1) is 8.13. The molecule has 0 radical (unpaired) electrons. The lowest BCUT2D eigenvalue weighted by atomic mass is 10.1. The first kappa shape index (κ1) is 12.3. The molecule has 0 aliphatic rings. The largest absolute Gasteiger partial charge is 0.378 e. The van der Waals surface area contributed by atoms with Crippen LogP contribution in [0.1, 0.15) is 5.56 Å². The monoisotopic (exact) mass is 222 g/mol. The molecule has 0 aromatic heterocycles. The molecule has 4 nitrogen and oxygen atoms in total. The van der Waals surface area contributed by atoms with Gasteiger partial charge in [-0.05, 0) is 17.7 Å². The van der Waals surface area contributed by atoms with Crippen molar-refractivity contribution >= 4 is 11.4 Å². The fourth-order valence-electron chi connectivity index (χ4n) is 1.31. The second-order valence-corrected chi connectivity index (χ2v) is 3.50. The van der Waals surface area contributed by atoms with E-state index >= 15 is 0 Å². The van der Waals surface area contributed by atoms with Gasteiger partial charge in [0.2, 0.25) is 5.70 Å². The number of nitriles is 2. The van der Waals surface area contributed by atoms with Gasteiger partial charge in [-0.25, -0.2) is 4.85 Å². The van der Waals surface area contributed by atoms with Crippen LogP contribution in [0.5, 0.6) is 0 Å². The van der Waals surface area contributed by atoms with Gasteiger partial charge in [0, 0.05) is 19.8 Å². The molecule has 17 heavy (non-hydrogen) atoms. The predicted molar refractivity (Wildman–Crippen MR) is 65.5 cm³/mol. The van der Waals surface area contributed by atoms with Crippen LogP contribution in [0.4, 0.5) is 5.69 Å². The van der Waals surface area contributed by atoms with Crippen molar-refractivity contribution in [1.82, 2.24) is 0 Å². The van der Waals surface area contributed by atoms with Gasteiger partial charge in [-0.15, -0.1) is 0 Å². The Hall–Kier alpha value is -2.77. The van der Waals surface area contributed by atoms with E-state index in [9.17, 15) is 0 Å². The fraction of sp³-hybridized carbons (Fsp3) is 0.154. The molecule has 0 aliphatic heterocycles. The third-order valence-corrected chi connectivity index (χ3v) is 2.23. The van der Waals surface area contributed by atoms with Crippen molar-refractivity contribution in [2.75, 3.05) is 19.0 Å². The summed E-state index contributed by atoms with van der Waals surface area (Å²) in [6, 6.07) is 10.6. The molecule has 4 heteroatoms. The average molecular weight is 222 g/mol. The molecular formula is C13H10N4. The van der Waals surface area contributed by atoms with Crippen molar-refractivity contribution in [2.45, 2.75) is 0 Å². The first-order valence-corrected chi connectivity index (χ1v) is 4.83. The predicted octanol–water partition coefficient (Wildman–Crippen LogP) is 2.43. The molecule has 0 N–H and O–H groups in total. The van der Waals surface area contributed by atoms with E-state index in [0.29, 0.717) is 5.56 Å². The molecule has 0 heterocycles. The zero-order valence-corrected chi connectivity index (χ0v) is 9.60. The number of benzene rings is 1. The summed E-state index contributed by atoms with van der Waals surface area (Å²) in [5.41, 5.74) is 1.52. The standard InChI is InChI=1S/C13H10N4/c1-16-13(11(8-14)9-15)10-4-6-12(7-5-10)17(2)3/h4-7H,2-3H3. The smallest absolute Gasteiger partial charge is 0.222 e. The maximum Gasteiger partial charge on any atom is 0.222 e. The van der Waals surface area contributed by atoms with Gasteiger partial charge in [-0.1, -0.05) is 12.1 Å². The maximum absolute atomic E-state index is 8.75. The summed E-state index contributed by atoms with van der Waals surface area (Å²) in [6.07, 6.45) is 0. The summed E-state index contributed by atoms with van der Waals surface area (Å²) in [4.78, 5) is 5.18. The van der Waals surface area contributed by atoms with E-state index in [0.717, 1.165) is 5.69 Å². The Morgan fingerprint density at radius 2 is 1.71 bits per heavy atom. The maximum atomic E-state index is 8.75.